The molecule has 0 aromatic carbocycles. The van der Waals surface area contributed by atoms with Crippen LogP contribution in [0.1, 0.15) is 32.1 Å². The molecule has 108 valence electrons. The van der Waals surface area contributed by atoms with E-state index >= 15 is 0 Å². The summed E-state index contributed by atoms with van der Waals surface area (Å²) in [6, 6.07) is -0.110. The van der Waals surface area contributed by atoms with Gasteiger partial charge in [-0.1, -0.05) is 0 Å². The fourth-order valence-electron chi connectivity index (χ4n) is 3.14. The van der Waals surface area contributed by atoms with Crippen LogP contribution in [0.3, 0.4) is 0 Å². The van der Waals surface area contributed by atoms with Gasteiger partial charge in [0.15, 0.2) is 0 Å². The van der Waals surface area contributed by atoms with Crippen LogP contribution in [0.15, 0.2) is 0 Å². The van der Waals surface area contributed by atoms with Crippen molar-refractivity contribution in [1.29, 1.82) is 0 Å². The summed E-state index contributed by atoms with van der Waals surface area (Å²) in [5.41, 5.74) is 0. The minimum absolute atomic E-state index is 0.0965. The third-order valence-electron chi connectivity index (χ3n) is 4.35. The van der Waals surface area contributed by atoms with Crippen LogP contribution in [-0.2, 0) is 14.3 Å². The van der Waals surface area contributed by atoms with Crippen molar-refractivity contribution in [3.63, 3.8) is 0 Å². The van der Waals surface area contributed by atoms with E-state index < -0.39 is 0 Å². The summed E-state index contributed by atoms with van der Waals surface area (Å²) in [7, 11) is 3.40. The predicted octanol–water partition coefficient (Wildman–Crippen LogP) is 0.882. The van der Waals surface area contributed by atoms with E-state index in [-0.39, 0.29) is 23.8 Å². The quantitative estimate of drug-likeness (QED) is 0.763. The first kappa shape index (κ1) is 14.3. The fraction of sp³-hybridized carbons (Fsp3) is 0.857. The highest BCUT2D eigenvalue weighted by atomic mass is 16.5. The van der Waals surface area contributed by atoms with Crippen LogP contribution in [0.25, 0.3) is 0 Å². The fourth-order valence-corrected chi connectivity index (χ4v) is 3.14. The highest BCUT2D eigenvalue weighted by Crippen LogP contribution is 2.26. The molecule has 2 rings (SSSR count). The SMILES string of the molecule is COC[C@@H]1[C@H](C(=O)N2CCCCC2)CCC(=O)N1C. The van der Waals surface area contributed by atoms with Gasteiger partial charge in [-0.2, -0.15) is 0 Å². The molecule has 2 aliphatic rings. The summed E-state index contributed by atoms with van der Waals surface area (Å²) in [6.45, 7) is 2.17. The lowest BCUT2D eigenvalue weighted by molar-refractivity contribution is -0.148. The summed E-state index contributed by atoms with van der Waals surface area (Å²) in [5.74, 6) is 0.228. The van der Waals surface area contributed by atoms with E-state index in [0.717, 1.165) is 25.9 Å². The number of rotatable bonds is 3. The molecule has 0 bridgehead atoms. The first-order chi connectivity index (χ1) is 9.15. The van der Waals surface area contributed by atoms with E-state index in [4.69, 9.17) is 4.74 Å². The molecule has 2 saturated heterocycles. The molecule has 0 unspecified atom stereocenters. The summed E-state index contributed by atoms with van der Waals surface area (Å²) in [4.78, 5) is 28.1. The van der Waals surface area contributed by atoms with Crippen molar-refractivity contribution < 1.29 is 14.3 Å². The average Bonchev–Trinajstić information content (AvgIpc) is 2.44. The van der Waals surface area contributed by atoms with E-state index in [1.54, 1.807) is 19.1 Å². The number of likely N-dealkylation sites (N-methyl/N-ethyl adjacent to an activating group) is 1. The molecule has 2 atom stereocenters. The molecular weight excluding hydrogens is 244 g/mol. The minimum Gasteiger partial charge on any atom is -0.383 e. The van der Waals surface area contributed by atoms with Gasteiger partial charge in [-0.15, -0.1) is 0 Å². The Bertz CT molecular complexity index is 340. The molecule has 2 heterocycles. The smallest absolute Gasteiger partial charge is 0.227 e. The van der Waals surface area contributed by atoms with Crippen LogP contribution >= 0.6 is 0 Å². The highest BCUT2D eigenvalue weighted by molar-refractivity contribution is 5.84. The lowest BCUT2D eigenvalue weighted by atomic mass is 9.87. The van der Waals surface area contributed by atoms with Crippen molar-refractivity contribution >= 4 is 11.8 Å². The molecular formula is C14H24N2O3. The molecule has 0 aromatic heterocycles. The highest BCUT2D eigenvalue weighted by Gasteiger charge is 2.39. The Hall–Kier alpha value is -1.10. The van der Waals surface area contributed by atoms with Gasteiger partial charge in [-0.25, -0.2) is 0 Å². The Morgan fingerprint density at radius 1 is 1.32 bits per heavy atom. The second-order valence-corrected chi connectivity index (χ2v) is 5.56. The summed E-state index contributed by atoms with van der Waals surface area (Å²) >= 11 is 0. The lowest BCUT2D eigenvalue weighted by Gasteiger charge is -2.40. The number of hydrogen-bond acceptors (Lipinski definition) is 3. The van der Waals surface area contributed by atoms with E-state index in [1.165, 1.54) is 6.42 Å². The number of hydrogen-bond donors (Lipinski definition) is 0. The molecule has 0 spiro atoms. The van der Waals surface area contributed by atoms with Gasteiger partial charge in [0, 0.05) is 33.7 Å². The second-order valence-electron chi connectivity index (χ2n) is 5.56. The molecule has 0 aliphatic carbocycles. The second kappa shape index (κ2) is 6.37. The maximum absolute atomic E-state index is 12.6. The van der Waals surface area contributed by atoms with Crippen molar-refractivity contribution in [1.82, 2.24) is 9.80 Å². The Kier molecular flexibility index (Phi) is 4.80. The molecule has 0 aromatic rings. The third kappa shape index (κ3) is 3.08. The van der Waals surface area contributed by atoms with Crippen molar-refractivity contribution in [2.45, 2.75) is 38.1 Å². The van der Waals surface area contributed by atoms with Crippen molar-refractivity contribution in [2.75, 3.05) is 33.9 Å². The van der Waals surface area contributed by atoms with Gasteiger partial charge >= 0.3 is 0 Å². The van der Waals surface area contributed by atoms with Crippen molar-refractivity contribution in [3.8, 4) is 0 Å². The monoisotopic (exact) mass is 268 g/mol. The number of ether oxygens (including phenoxy) is 1. The average molecular weight is 268 g/mol. The Morgan fingerprint density at radius 2 is 2.00 bits per heavy atom. The zero-order valence-corrected chi connectivity index (χ0v) is 11.9. The Balaban J connectivity index is 2.06. The molecule has 5 nitrogen and oxygen atoms in total. The van der Waals surface area contributed by atoms with Crippen molar-refractivity contribution in [2.24, 2.45) is 5.92 Å². The summed E-state index contributed by atoms with van der Waals surface area (Å²) in [5, 5.41) is 0. The van der Waals surface area contributed by atoms with Gasteiger partial charge < -0.3 is 14.5 Å². The largest absolute Gasteiger partial charge is 0.383 e. The molecule has 0 N–H and O–H groups in total. The maximum Gasteiger partial charge on any atom is 0.227 e. The molecule has 19 heavy (non-hydrogen) atoms. The first-order valence-corrected chi connectivity index (χ1v) is 7.18. The molecule has 2 amide bonds. The van der Waals surface area contributed by atoms with E-state index in [1.807, 2.05) is 4.90 Å². The van der Waals surface area contributed by atoms with Crippen molar-refractivity contribution in [3.05, 3.63) is 0 Å². The normalized spacial score (nSPS) is 28.6. The lowest BCUT2D eigenvalue weighted by Crippen LogP contribution is -2.54. The van der Waals surface area contributed by atoms with Gasteiger partial charge in [0.25, 0.3) is 0 Å². The maximum atomic E-state index is 12.6. The van der Waals surface area contributed by atoms with Crippen LogP contribution in [0, 0.1) is 5.92 Å². The number of methoxy groups -OCH3 is 1. The van der Waals surface area contributed by atoms with E-state index in [9.17, 15) is 9.59 Å². The van der Waals surface area contributed by atoms with Crippen LogP contribution in [0.2, 0.25) is 0 Å². The van der Waals surface area contributed by atoms with E-state index in [2.05, 4.69) is 0 Å². The zero-order valence-electron chi connectivity index (χ0n) is 11.9. The number of carbonyl (C=O) groups is 2. The predicted molar refractivity (Wildman–Crippen MR) is 71.6 cm³/mol. The van der Waals surface area contributed by atoms with Gasteiger partial charge in [0.2, 0.25) is 11.8 Å². The number of piperidine rings is 2. The van der Waals surface area contributed by atoms with Gasteiger partial charge in [0.1, 0.15) is 0 Å². The van der Waals surface area contributed by atoms with Gasteiger partial charge in [-0.05, 0) is 25.7 Å². The van der Waals surface area contributed by atoms with Crippen LogP contribution in [0.4, 0.5) is 0 Å². The molecule has 5 heteroatoms. The molecule has 2 fully saturated rings. The summed E-state index contributed by atoms with van der Waals surface area (Å²) in [6.07, 6.45) is 4.55. The first-order valence-electron chi connectivity index (χ1n) is 7.18. The summed E-state index contributed by atoms with van der Waals surface area (Å²) < 4.78 is 5.20. The standard InChI is InChI=1S/C14H24N2O3/c1-15-12(10-19-2)11(6-7-13(15)17)14(18)16-8-4-3-5-9-16/h11-12H,3-10H2,1-2H3/t11-,12-/m1/s1. The number of likely N-dealkylation sites (tertiary alicyclic amines) is 2. The molecule has 0 radical (unpaired) electrons. The van der Waals surface area contributed by atoms with Crippen LogP contribution < -0.4 is 0 Å². The van der Waals surface area contributed by atoms with Gasteiger partial charge in [-0.3, -0.25) is 9.59 Å². The number of carbonyl (C=O) groups excluding carboxylic acids is 2. The van der Waals surface area contributed by atoms with E-state index in [0.29, 0.717) is 19.4 Å². The number of amides is 2. The third-order valence-corrected chi connectivity index (χ3v) is 4.35. The zero-order chi connectivity index (χ0) is 13.8. The van der Waals surface area contributed by atoms with Gasteiger partial charge in [0.05, 0.1) is 18.6 Å². The Morgan fingerprint density at radius 3 is 2.63 bits per heavy atom. The van der Waals surface area contributed by atoms with Crippen LogP contribution in [-0.4, -0.2) is 61.5 Å². The Labute approximate surface area is 114 Å². The van der Waals surface area contributed by atoms with Crippen LogP contribution in [0.5, 0.6) is 0 Å². The molecule has 0 saturated carbocycles. The molecule has 2 aliphatic heterocycles. The topological polar surface area (TPSA) is 49.9 Å². The number of nitrogens with zero attached hydrogens (tertiary/aromatic N) is 2. The minimum atomic E-state index is -0.110.